The summed E-state index contributed by atoms with van der Waals surface area (Å²) in [7, 11) is 0. The SMILES string of the molecule is O=C(O)N(CC1CCOC1)c1cnccc1I. The van der Waals surface area contributed by atoms with Crippen LogP contribution in [0.4, 0.5) is 10.5 Å². The zero-order valence-corrected chi connectivity index (χ0v) is 11.3. The monoisotopic (exact) mass is 348 g/mol. The summed E-state index contributed by atoms with van der Waals surface area (Å²) in [6, 6.07) is 1.80. The molecule has 0 saturated carbocycles. The van der Waals surface area contributed by atoms with Gasteiger partial charge in [0, 0.05) is 28.8 Å². The molecule has 5 nitrogen and oxygen atoms in total. The van der Waals surface area contributed by atoms with E-state index in [1.165, 1.54) is 4.90 Å². The van der Waals surface area contributed by atoms with Crippen molar-refractivity contribution in [1.29, 1.82) is 0 Å². The topological polar surface area (TPSA) is 62.7 Å². The average Bonchev–Trinajstić information content (AvgIpc) is 2.79. The second-order valence-electron chi connectivity index (χ2n) is 3.95. The van der Waals surface area contributed by atoms with Crippen molar-refractivity contribution in [1.82, 2.24) is 4.98 Å². The van der Waals surface area contributed by atoms with Crippen LogP contribution in [0.25, 0.3) is 0 Å². The van der Waals surface area contributed by atoms with E-state index in [0.29, 0.717) is 18.8 Å². The number of hydrogen-bond acceptors (Lipinski definition) is 3. The summed E-state index contributed by atoms with van der Waals surface area (Å²) in [5.74, 6) is 0.280. The second-order valence-corrected chi connectivity index (χ2v) is 5.11. The molecule has 1 atom stereocenters. The molecular formula is C11H13IN2O3. The highest BCUT2D eigenvalue weighted by molar-refractivity contribution is 14.1. The Morgan fingerprint density at radius 3 is 3.12 bits per heavy atom. The van der Waals surface area contributed by atoms with E-state index >= 15 is 0 Å². The van der Waals surface area contributed by atoms with Crippen molar-refractivity contribution < 1.29 is 14.6 Å². The predicted molar refractivity (Wildman–Crippen MR) is 71.3 cm³/mol. The first kappa shape index (κ1) is 12.6. The third kappa shape index (κ3) is 3.06. The first-order valence-corrected chi connectivity index (χ1v) is 6.44. The van der Waals surface area contributed by atoms with Crippen molar-refractivity contribution in [3.63, 3.8) is 0 Å². The molecule has 1 aromatic rings. The van der Waals surface area contributed by atoms with Crippen molar-refractivity contribution in [3.05, 3.63) is 22.0 Å². The summed E-state index contributed by atoms with van der Waals surface area (Å²) in [4.78, 5) is 16.6. The molecule has 1 saturated heterocycles. The summed E-state index contributed by atoms with van der Waals surface area (Å²) in [5.41, 5.74) is 0.646. The molecular weight excluding hydrogens is 335 g/mol. The molecule has 1 unspecified atom stereocenters. The summed E-state index contributed by atoms with van der Waals surface area (Å²) < 4.78 is 6.15. The minimum atomic E-state index is -0.942. The van der Waals surface area contributed by atoms with Crippen LogP contribution in [0.15, 0.2) is 18.5 Å². The van der Waals surface area contributed by atoms with E-state index in [9.17, 15) is 9.90 Å². The number of carbonyl (C=O) groups is 1. The number of rotatable bonds is 3. The normalized spacial score (nSPS) is 19.2. The minimum absolute atomic E-state index is 0.280. The second kappa shape index (κ2) is 5.63. The number of carboxylic acid groups (broad SMARTS) is 1. The van der Waals surface area contributed by atoms with Crippen molar-refractivity contribution in [2.45, 2.75) is 6.42 Å². The molecule has 2 rings (SSSR count). The molecule has 0 aliphatic carbocycles. The Morgan fingerprint density at radius 2 is 2.53 bits per heavy atom. The summed E-state index contributed by atoms with van der Waals surface area (Å²) in [5, 5.41) is 9.27. The molecule has 0 spiro atoms. The number of nitrogens with zero attached hydrogens (tertiary/aromatic N) is 2. The fraction of sp³-hybridized carbons (Fsp3) is 0.455. The van der Waals surface area contributed by atoms with Crippen molar-refractivity contribution >= 4 is 34.4 Å². The molecule has 1 aliphatic heterocycles. The van der Waals surface area contributed by atoms with Crippen molar-refractivity contribution in [3.8, 4) is 0 Å². The molecule has 0 aromatic carbocycles. The number of anilines is 1. The number of halogens is 1. The van der Waals surface area contributed by atoms with E-state index in [-0.39, 0.29) is 5.92 Å². The maximum atomic E-state index is 11.3. The third-order valence-electron chi connectivity index (χ3n) is 2.73. The van der Waals surface area contributed by atoms with E-state index in [1.54, 1.807) is 18.5 Å². The van der Waals surface area contributed by atoms with Gasteiger partial charge in [0.1, 0.15) is 0 Å². The lowest BCUT2D eigenvalue weighted by Gasteiger charge is -2.22. The summed E-state index contributed by atoms with van der Waals surface area (Å²) in [6.45, 7) is 1.83. The lowest BCUT2D eigenvalue weighted by atomic mass is 10.1. The van der Waals surface area contributed by atoms with E-state index in [0.717, 1.165) is 16.6 Å². The zero-order chi connectivity index (χ0) is 12.3. The van der Waals surface area contributed by atoms with Gasteiger partial charge in [-0.2, -0.15) is 0 Å². The quantitative estimate of drug-likeness (QED) is 0.851. The Morgan fingerprint density at radius 1 is 1.71 bits per heavy atom. The van der Waals surface area contributed by atoms with Gasteiger partial charge in [0.05, 0.1) is 18.5 Å². The zero-order valence-electron chi connectivity index (χ0n) is 9.17. The smallest absolute Gasteiger partial charge is 0.411 e. The molecule has 1 fully saturated rings. The van der Waals surface area contributed by atoms with Crippen LogP contribution in [0.2, 0.25) is 0 Å². The van der Waals surface area contributed by atoms with Crippen LogP contribution in [-0.2, 0) is 4.74 Å². The first-order chi connectivity index (χ1) is 8.18. The largest absolute Gasteiger partial charge is 0.465 e. The van der Waals surface area contributed by atoms with Gasteiger partial charge in [-0.05, 0) is 35.1 Å². The molecule has 0 bridgehead atoms. The Labute approximate surface area is 113 Å². The number of aromatic nitrogens is 1. The molecule has 1 N–H and O–H groups in total. The summed E-state index contributed by atoms with van der Waals surface area (Å²) in [6.07, 6.45) is 3.22. The summed E-state index contributed by atoms with van der Waals surface area (Å²) >= 11 is 2.12. The Hall–Kier alpha value is -0.890. The predicted octanol–water partition coefficient (Wildman–Crippen LogP) is 2.21. The van der Waals surface area contributed by atoms with Crippen molar-refractivity contribution in [2.24, 2.45) is 5.92 Å². The van der Waals surface area contributed by atoms with Crippen LogP contribution in [-0.4, -0.2) is 35.9 Å². The van der Waals surface area contributed by atoms with Gasteiger partial charge in [-0.3, -0.25) is 9.88 Å². The van der Waals surface area contributed by atoms with Gasteiger partial charge >= 0.3 is 6.09 Å². The molecule has 0 radical (unpaired) electrons. The molecule has 92 valence electrons. The highest BCUT2D eigenvalue weighted by Gasteiger charge is 2.24. The standard InChI is InChI=1S/C11H13IN2O3/c12-9-1-3-13-5-10(9)14(11(15)16)6-8-2-4-17-7-8/h1,3,5,8H,2,4,6-7H2,(H,15,16). The van der Waals surface area contributed by atoms with Gasteiger partial charge < -0.3 is 9.84 Å². The van der Waals surface area contributed by atoms with Gasteiger partial charge in [0.25, 0.3) is 0 Å². The molecule has 1 amide bonds. The maximum Gasteiger partial charge on any atom is 0.411 e. The van der Waals surface area contributed by atoms with Crippen LogP contribution in [0, 0.1) is 9.49 Å². The Kier molecular flexibility index (Phi) is 4.16. The fourth-order valence-electron chi connectivity index (χ4n) is 1.83. The van der Waals surface area contributed by atoms with E-state index in [4.69, 9.17) is 4.74 Å². The van der Waals surface area contributed by atoms with Crippen LogP contribution in [0.3, 0.4) is 0 Å². The van der Waals surface area contributed by atoms with E-state index in [1.807, 2.05) is 0 Å². The highest BCUT2D eigenvalue weighted by Crippen LogP contribution is 2.24. The number of ether oxygens (including phenoxy) is 1. The highest BCUT2D eigenvalue weighted by atomic mass is 127. The number of amides is 1. The molecule has 2 heterocycles. The Bertz CT molecular complexity index is 407. The Balaban J connectivity index is 2.17. The van der Waals surface area contributed by atoms with E-state index in [2.05, 4.69) is 27.6 Å². The maximum absolute atomic E-state index is 11.3. The van der Waals surface area contributed by atoms with Gasteiger partial charge in [-0.1, -0.05) is 0 Å². The fourth-order valence-corrected chi connectivity index (χ4v) is 2.42. The lowest BCUT2D eigenvalue weighted by Crippen LogP contribution is -2.35. The number of pyridine rings is 1. The van der Waals surface area contributed by atoms with Gasteiger partial charge in [-0.25, -0.2) is 4.79 Å². The van der Waals surface area contributed by atoms with Crippen LogP contribution >= 0.6 is 22.6 Å². The molecule has 1 aromatic heterocycles. The minimum Gasteiger partial charge on any atom is -0.465 e. The van der Waals surface area contributed by atoms with Crippen LogP contribution in [0.1, 0.15) is 6.42 Å². The number of hydrogen-bond donors (Lipinski definition) is 1. The van der Waals surface area contributed by atoms with Crippen LogP contribution in [0.5, 0.6) is 0 Å². The van der Waals surface area contributed by atoms with Gasteiger partial charge in [0.2, 0.25) is 0 Å². The molecule has 1 aliphatic rings. The van der Waals surface area contributed by atoms with Gasteiger partial charge in [-0.15, -0.1) is 0 Å². The average molecular weight is 348 g/mol. The molecule has 6 heteroatoms. The molecule has 17 heavy (non-hydrogen) atoms. The lowest BCUT2D eigenvalue weighted by molar-refractivity contribution is 0.183. The third-order valence-corrected chi connectivity index (χ3v) is 3.65. The van der Waals surface area contributed by atoms with Crippen LogP contribution < -0.4 is 4.90 Å². The van der Waals surface area contributed by atoms with E-state index < -0.39 is 6.09 Å². The van der Waals surface area contributed by atoms with Gasteiger partial charge in [0.15, 0.2) is 0 Å². The van der Waals surface area contributed by atoms with Crippen molar-refractivity contribution in [2.75, 3.05) is 24.7 Å². The first-order valence-electron chi connectivity index (χ1n) is 5.36.